The average molecular weight is 284 g/mol. The minimum Gasteiger partial charge on any atom is -0.480 e. The molecule has 1 aliphatic heterocycles. The van der Waals surface area contributed by atoms with Crippen LogP contribution in [-0.4, -0.2) is 56.9 Å². The predicted molar refractivity (Wildman–Crippen MR) is 74.1 cm³/mol. The SMILES string of the molecule is CCC(C)N1C(=O)CC(N(CC)C(C)(C)C(=O)O)C1=O. The van der Waals surface area contributed by atoms with Crippen molar-refractivity contribution in [1.29, 1.82) is 0 Å². The summed E-state index contributed by atoms with van der Waals surface area (Å²) in [5.41, 5.74) is -1.18. The molecule has 1 fully saturated rings. The first-order valence-electron chi connectivity index (χ1n) is 7.04. The molecular weight excluding hydrogens is 260 g/mol. The third-order valence-electron chi connectivity index (χ3n) is 4.15. The molecule has 0 bridgehead atoms. The van der Waals surface area contributed by atoms with Crippen molar-refractivity contribution in [2.24, 2.45) is 0 Å². The second-order valence-corrected chi connectivity index (χ2v) is 5.73. The summed E-state index contributed by atoms with van der Waals surface area (Å²) in [4.78, 5) is 38.8. The van der Waals surface area contributed by atoms with Crippen LogP contribution in [0.25, 0.3) is 0 Å². The molecule has 2 amide bonds. The van der Waals surface area contributed by atoms with Crippen molar-refractivity contribution in [3.63, 3.8) is 0 Å². The van der Waals surface area contributed by atoms with E-state index in [9.17, 15) is 19.5 Å². The number of carbonyl (C=O) groups excluding carboxylic acids is 2. The van der Waals surface area contributed by atoms with Crippen molar-refractivity contribution in [2.45, 2.75) is 65.1 Å². The van der Waals surface area contributed by atoms with Gasteiger partial charge in [-0.3, -0.25) is 24.2 Å². The van der Waals surface area contributed by atoms with E-state index in [1.165, 1.54) is 4.90 Å². The van der Waals surface area contributed by atoms with Gasteiger partial charge in [0.05, 0.1) is 12.5 Å². The number of aliphatic carboxylic acids is 1. The Bertz CT molecular complexity index is 419. The second kappa shape index (κ2) is 5.91. The molecule has 0 aromatic carbocycles. The summed E-state index contributed by atoms with van der Waals surface area (Å²) in [6.45, 7) is 9.06. The van der Waals surface area contributed by atoms with Crippen LogP contribution in [0.4, 0.5) is 0 Å². The lowest BCUT2D eigenvalue weighted by Gasteiger charge is -2.37. The molecule has 6 nitrogen and oxygen atoms in total. The first-order valence-corrected chi connectivity index (χ1v) is 7.04. The highest BCUT2D eigenvalue weighted by Crippen LogP contribution is 2.27. The van der Waals surface area contributed by atoms with E-state index in [0.29, 0.717) is 13.0 Å². The van der Waals surface area contributed by atoms with Crippen LogP contribution in [0.15, 0.2) is 0 Å². The summed E-state index contributed by atoms with van der Waals surface area (Å²) in [7, 11) is 0. The lowest BCUT2D eigenvalue weighted by molar-refractivity contribution is -0.153. The van der Waals surface area contributed by atoms with E-state index < -0.39 is 17.6 Å². The van der Waals surface area contributed by atoms with Gasteiger partial charge in [0.25, 0.3) is 0 Å². The molecule has 20 heavy (non-hydrogen) atoms. The number of imide groups is 1. The van der Waals surface area contributed by atoms with Gasteiger partial charge in [-0.25, -0.2) is 0 Å². The summed E-state index contributed by atoms with van der Waals surface area (Å²) < 4.78 is 0. The Balaban J connectivity index is 3.05. The number of rotatable bonds is 6. The second-order valence-electron chi connectivity index (χ2n) is 5.73. The van der Waals surface area contributed by atoms with Gasteiger partial charge in [0, 0.05) is 6.04 Å². The zero-order chi connectivity index (χ0) is 15.7. The van der Waals surface area contributed by atoms with E-state index in [1.54, 1.807) is 25.7 Å². The van der Waals surface area contributed by atoms with Gasteiger partial charge in [0.2, 0.25) is 11.8 Å². The first-order chi connectivity index (χ1) is 9.18. The van der Waals surface area contributed by atoms with Gasteiger partial charge in [-0.05, 0) is 33.7 Å². The number of carbonyl (C=O) groups is 3. The van der Waals surface area contributed by atoms with Gasteiger partial charge in [-0.15, -0.1) is 0 Å². The number of likely N-dealkylation sites (N-methyl/N-ethyl adjacent to an activating group) is 1. The summed E-state index contributed by atoms with van der Waals surface area (Å²) >= 11 is 0. The topological polar surface area (TPSA) is 77.9 Å². The van der Waals surface area contributed by atoms with E-state index in [2.05, 4.69) is 0 Å². The third-order valence-corrected chi connectivity index (χ3v) is 4.15. The normalized spacial score (nSPS) is 21.7. The molecule has 1 N–H and O–H groups in total. The van der Waals surface area contributed by atoms with E-state index in [0.717, 1.165) is 0 Å². The molecule has 0 aromatic rings. The van der Waals surface area contributed by atoms with Crippen LogP contribution in [-0.2, 0) is 14.4 Å². The minimum absolute atomic E-state index is 0.0632. The molecule has 1 saturated heterocycles. The Hall–Kier alpha value is -1.43. The van der Waals surface area contributed by atoms with Gasteiger partial charge in [-0.2, -0.15) is 0 Å². The number of carboxylic acids is 1. The Labute approximate surface area is 119 Å². The van der Waals surface area contributed by atoms with Crippen LogP contribution in [0, 0.1) is 0 Å². The molecule has 2 unspecified atom stereocenters. The molecule has 0 aromatic heterocycles. The monoisotopic (exact) mass is 284 g/mol. The van der Waals surface area contributed by atoms with E-state index >= 15 is 0 Å². The highest BCUT2D eigenvalue weighted by molar-refractivity contribution is 6.06. The third kappa shape index (κ3) is 2.70. The minimum atomic E-state index is -1.18. The Kier molecular flexibility index (Phi) is 4.91. The maximum atomic E-state index is 12.5. The van der Waals surface area contributed by atoms with E-state index in [4.69, 9.17) is 0 Å². The smallest absolute Gasteiger partial charge is 0.323 e. The van der Waals surface area contributed by atoms with Gasteiger partial charge in [0.15, 0.2) is 0 Å². The van der Waals surface area contributed by atoms with E-state index in [1.807, 2.05) is 13.8 Å². The predicted octanol–water partition coefficient (Wildman–Crippen LogP) is 1.10. The molecular formula is C14H24N2O4. The highest BCUT2D eigenvalue weighted by atomic mass is 16.4. The molecule has 0 saturated carbocycles. The summed E-state index contributed by atoms with van der Waals surface area (Å²) in [6, 6.07) is -0.820. The molecule has 0 spiro atoms. The molecule has 2 atom stereocenters. The van der Waals surface area contributed by atoms with Crippen molar-refractivity contribution in [3.05, 3.63) is 0 Å². The molecule has 1 aliphatic rings. The van der Waals surface area contributed by atoms with Gasteiger partial charge < -0.3 is 5.11 Å². The lowest BCUT2D eigenvalue weighted by atomic mass is 9.99. The van der Waals surface area contributed by atoms with Gasteiger partial charge in [0.1, 0.15) is 5.54 Å². The fourth-order valence-electron chi connectivity index (χ4n) is 2.65. The molecule has 6 heteroatoms. The van der Waals surface area contributed by atoms with Crippen LogP contribution < -0.4 is 0 Å². The van der Waals surface area contributed by atoms with Crippen LogP contribution in [0.1, 0.15) is 47.5 Å². The Morgan fingerprint density at radius 2 is 2.00 bits per heavy atom. The fourth-order valence-corrected chi connectivity index (χ4v) is 2.65. The zero-order valence-corrected chi connectivity index (χ0v) is 12.8. The quantitative estimate of drug-likeness (QED) is 0.739. The molecule has 0 aliphatic carbocycles. The number of hydrogen-bond donors (Lipinski definition) is 1. The summed E-state index contributed by atoms with van der Waals surface area (Å²) in [5.74, 6) is -1.49. The largest absolute Gasteiger partial charge is 0.480 e. The molecule has 1 rings (SSSR count). The molecule has 0 radical (unpaired) electrons. The maximum Gasteiger partial charge on any atom is 0.323 e. The van der Waals surface area contributed by atoms with Crippen LogP contribution >= 0.6 is 0 Å². The van der Waals surface area contributed by atoms with E-state index in [-0.39, 0.29) is 24.3 Å². The number of amides is 2. The molecule has 114 valence electrons. The van der Waals surface area contributed by atoms with Crippen LogP contribution in [0.2, 0.25) is 0 Å². The Morgan fingerprint density at radius 1 is 1.45 bits per heavy atom. The first kappa shape index (κ1) is 16.6. The van der Waals surface area contributed by atoms with Crippen molar-refractivity contribution >= 4 is 17.8 Å². The number of hydrogen-bond acceptors (Lipinski definition) is 4. The lowest BCUT2D eigenvalue weighted by Crippen LogP contribution is -2.57. The molecule has 1 heterocycles. The van der Waals surface area contributed by atoms with Crippen molar-refractivity contribution in [2.75, 3.05) is 6.54 Å². The van der Waals surface area contributed by atoms with Crippen LogP contribution in [0.3, 0.4) is 0 Å². The zero-order valence-electron chi connectivity index (χ0n) is 12.8. The van der Waals surface area contributed by atoms with Gasteiger partial charge >= 0.3 is 5.97 Å². The fraction of sp³-hybridized carbons (Fsp3) is 0.786. The van der Waals surface area contributed by atoms with Crippen molar-refractivity contribution in [3.8, 4) is 0 Å². The van der Waals surface area contributed by atoms with Crippen molar-refractivity contribution < 1.29 is 19.5 Å². The number of carboxylic acid groups (broad SMARTS) is 1. The maximum absolute atomic E-state index is 12.5. The summed E-state index contributed by atoms with van der Waals surface area (Å²) in [5, 5.41) is 9.33. The van der Waals surface area contributed by atoms with Crippen molar-refractivity contribution in [1.82, 2.24) is 9.80 Å². The number of likely N-dealkylation sites (tertiary alicyclic amines) is 1. The number of nitrogens with zero attached hydrogens (tertiary/aromatic N) is 2. The van der Waals surface area contributed by atoms with Gasteiger partial charge in [-0.1, -0.05) is 13.8 Å². The standard InChI is InChI=1S/C14H24N2O4/c1-6-9(3)16-11(17)8-10(12(16)18)15(7-2)14(4,5)13(19)20/h9-10H,6-8H2,1-5H3,(H,19,20). The average Bonchev–Trinajstić information content (AvgIpc) is 2.64. The summed E-state index contributed by atoms with van der Waals surface area (Å²) in [6.07, 6.45) is 0.756. The highest BCUT2D eigenvalue weighted by Gasteiger charge is 2.48. The Morgan fingerprint density at radius 3 is 2.40 bits per heavy atom. The van der Waals surface area contributed by atoms with Crippen LogP contribution in [0.5, 0.6) is 0 Å².